The van der Waals surface area contributed by atoms with Gasteiger partial charge in [-0.2, -0.15) is 0 Å². The molecule has 1 aromatic heterocycles. The monoisotopic (exact) mass is 224 g/mol. The van der Waals surface area contributed by atoms with Gasteiger partial charge >= 0.3 is 0 Å². The van der Waals surface area contributed by atoms with E-state index < -0.39 is 0 Å². The second kappa shape index (κ2) is 4.93. The maximum atomic E-state index is 5.75. The van der Waals surface area contributed by atoms with Gasteiger partial charge in [0.2, 0.25) is 0 Å². The van der Waals surface area contributed by atoms with E-state index in [-0.39, 0.29) is 6.10 Å². The van der Waals surface area contributed by atoms with Crippen LogP contribution in [0.2, 0.25) is 0 Å². The molecule has 1 aromatic rings. The Morgan fingerprint density at radius 1 is 1.44 bits per heavy atom. The molecule has 2 N–H and O–H groups in total. The van der Waals surface area contributed by atoms with Gasteiger partial charge in [0, 0.05) is 12.6 Å². The molecule has 1 aliphatic rings. The highest BCUT2D eigenvalue weighted by atomic mass is 16.5. The van der Waals surface area contributed by atoms with E-state index in [2.05, 4.69) is 28.6 Å². The van der Waals surface area contributed by atoms with Crippen molar-refractivity contribution in [3.05, 3.63) is 11.6 Å². The zero-order valence-electron chi connectivity index (χ0n) is 10.0. The van der Waals surface area contributed by atoms with Crippen LogP contribution >= 0.6 is 0 Å². The van der Waals surface area contributed by atoms with Gasteiger partial charge in [-0.05, 0) is 33.1 Å². The lowest BCUT2D eigenvalue weighted by atomic mass is 10.1. The Labute approximate surface area is 96.0 Å². The van der Waals surface area contributed by atoms with Crippen molar-refractivity contribution in [2.45, 2.75) is 51.8 Å². The smallest absolute Gasteiger partial charge is 0.162 e. The highest BCUT2D eigenvalue weighted by Gasteiger charge is 2.24. The average Bonchev–Trinajstić information content (AvgIpc) is 2.73. The van der Waals surface area contributed by atoms with Gasteiger partial charge < -0.3 is 15.0 Å². The summed E-state index contributed by atoms with van der Waals surface area (Å²) in [5.74, 6) is 1.79. The van der Waals surface area contributed by atoms with E-state index in [1.807, 2.05) is 0 Å². The normalized spacial score (nSPS) is 21.6. The summed E-state index contributed by atoms with van der Waals surface area (Å²) in [5.41, 5.74) is 5.67. The molecule has 1 atom stereocenters. The Kier molecular flexibility index (Phi) is 3.56. The van der Waals surface area contributed by atoms with Gasteiger partial charge in [-0.25, -0.2) is 0 Å². The van der Waals surface area contributed by atoms with E-state index in [4.69, 9.17) is 10.5 Å². The Morgan fingerprint density at radius 3 is 2.81 bits per heavy atom. The Hall–Kier alpha value is -0.940. The fourth-order valence-electron chi connectivity index (χ4n) is 2.20. The molecule has 0 aliphatic carbocycles. The lowest BCUT2D eigenvalue weighted by Gasteiger charge is -2.24. The van der Waals surface area contributed by atoms with Gasteiger partial charge in [-0.1, -0.05) is 0 Å². The maximum absolute atomic E-state index is 5.75. The van der Waals surface area contributed by atoms with Gasteiger partial charge in [0.05, 0.1) is 6.54 Å². The zero-order chi connectivity index (χ0) is 11.5. The van der Waals surface area contributed by atoms with Gasteiger partial charge in [-0.15, -0.1) is 10.2 Å². The summed E-state index contributed by atoms with van der Waals surface area (Å²) in [6.07, 6.45) is 3.49. The highest BCUT2D eigenvalue weighted by Crippen LogP contribution is 2.28. The zero-order valence-corrected chi connectivity index (χ0v) is 10.0. The third-order valence-corrected chi connectivity index (χ3v) is 2.96. The van der Waals surface area contributed by atoms with E-state index in [0.717, 1.165) is 31.1 Å². The minimum absolute atomic E-state index is 0.101. The van der Waals surface area contributed by atoms with Gasteiger partial charge in [-0.3, -0.25) is 0 Å². The first-order valence-corrected chi connectivity index (χ1v) is 5.99. The minimum atomic E-state index is 0.101. The fraction of sp³-hybridized carbons (Fsp3) is 0.818. The van der Waals surface area contributed by atoms with Crippen molar-refractivity contribution in [2.24, 2.45) is 5.73 Å². The molecule has 0 aromatic carbocycles. The topological polar surface area (TPSA) is 66.0 Å². The quantitative estimate of drug-likeness (QED) is 0.846. The number of ether oxygens (including phenoxy) is 1. The molecular weight excluding hydrogens is 204 g/mol. The second-order valence-electron chi connectivity index (χ2n) is 4.50. The van der Waals surface area contributed by atoms with Crippen molar-refractivity contribution in [3.63, 3.8) is 0 Å². The molecule has 1 saturated heterocycles. The first-order chi connectivity index (χ1) is 7.74. The van der Waals surface area contributed by atoms with Crippen molar-refractivity contribution in [2.75, 3.05) is 6.61 Å². The van der Waals surface area contributed by atoms with Crippen LogP contribution in [0.4, 0.5) is 0 Å². The fourth-order valence-corrected chi connectivity index (χ4v) is 2.20. The van der Waals surface area contributed by atoms with Crippen molar-refractivity contribution < 1.29 is 4.74 Å². The van der Waals surface area contributed by atoms with Crippen molar-refractivity contribution in [3.8, 4) is 0 Å². The molecule has 5 heteroatoms. The molecule has 0 radical (unpaired) electrons. The third-order valence-electron chi connectivity index (χ3n) is 2.96. The van der Waals surface area contributed by atoms with E-state index in [9.17, 15) is 0 Å². The molecule has 1 fully saturated rings. The van der Waals surface area contributed by atoms with E-state index in [1.165, 1.54) is 6.42 Å². The summed E-state index contributed by atoms with van der Waals surface area (Å²) in [6, 6.07) is 0.328. The molecule has 5 nitrogen and oxygen atoms in total. The number of nitrogens with zero attached hydrogens (tertiary/aromatic N) is 3. The summed E-state index contributed by atoms with van der Waals surface area (Å²) >= 11 is 0. The molecule has 90 valence electrons. The third kappa shape index (κ3) is 2.10. The first kappa shape index (κ1) is 11.5. The largest absolute Gasteiger partial charge is 0.370 e. The summed E-state index contributed by atoms with van der Waals surface area (Å²) < 4.78 is 7.86. The number of hydrogen-bond donors (Lipinski definition) is 1. The number of rotatable bonds is 3. The van der Waals surface area contributed by atoms with Crippen LogP contribution in [-0.2, 0) is 11.3 Å². The average molecular weight is 224 g/mol. The Balaban J connectivity index is 2.28. The Morgan fingerprint density at radius 2 is 2.25 bits per heavy atom. The van der Waals surface area contributed by atoms with Crippen LogP contribution in [0.1, 0.15) is 56.9 Å². The van der Waals surface area contributed by atoms with Crippen LogP contribution in [0, 0.1) is 0 Å². The molecule has 0 saturated carbocycles. The van der Waals surface area contributed by atoms with Crippen molar-refractivity contribution in [1.29, 1.82) is 0 Å². The molecule has 0 bridgehead atoms. The molecule has 2 heterocycles. The van der Waals surface area contributed by atoms with Gasteiger partial charge in [0.15, 0.2) is 5.82 Å². The standard InChI is InChI=1S/C11H20N4O/c1-8(2)15-10(7-12)13-14-11(15)9-5-3-4-6-16-9/h8-9H,3-7,12H2,1-2H3. The molecule has 16 heavy (non-hydrogen) atoms. The molecular formula is C11H20N4O. The van der Waals surface area contributed by atoms with E-state index in [1.54, 1.807) is 0 Å². The van der Waals surface area contributed by atoms with Gasteiger partial charge in [0.25, 0.3) is 0 Å². The SMILES string of the molecule is CC(C)n1c(CN)nnc1C1CCCCO1. The van der Waals surface area contributed by atoms with Crippen LogP contribution in [-0.4, -0.2) is 21.4 Å². The summed E-state index contributed by atoms with van der Waals surface area (Å²) in [4.78, 5) is 0. The first-order valence-electron chi connectivity index (χ1n) is 5.99. The maximum Gasteiger partial charge on any atom is 0.162 e. The number of hydrogen-bond acceptors (Lipinski definition) is 4. The van der Waals surface area contributed by atoms with Crippen LogP contribution in [0.5, 0.6) is 0 Å². The molecule has 0 amide bonds. The lowest BCUT2D eigenvalue weighted by molar-refractivity contribution is 0.00648. The Bertz CT molecular complexity index is 342. The lowest BCUT2D eigenvalue weighted by Crippen LogP contribution is -2.19. The predicted octanol–water partition coefficient (Wildman–Crippen LogP) is 1.56. The van der Waals surface area contributed by atoms with E-state index >= 15 is 0 Å². The van der Waals surface area contributed by atoms with Crippen LogP contribution < -0.4 is 5.73 Å². The second-order valence-corrected chi connectivity index (χ2v) is 4.50. The number of aromatic nitrogens is 3. The van der Waals surface area contributed by atoms with Crippen LogP contribution in [0.25, 0.3) is 0 Å². The molecule has 2 rings (SSSR count). The minimum Gasteiger partial charge on any atom is -0.370 e. The van der Waals surface area contributed by atoms with Gasteiger partial charge in [0.1, 0.15) is 11.9 Å². The van der Waals surface area contributed by atoms with Crippen LogP contribution in [0.15, 0.2) is 0 Å². The molecule has 1 unspecified atom stereocenters. The molecule has 0 spiro atoms. The molecule has 1 aliphatic heterocycles. The predicted molar refractivity (Wildman–Crippen MR) is 60.8 cm³/mol. The van der Waals surface area contributed by atoms with E-state index in [0.29, 0.717) is 12.6 Å². The van der Waals surface area contributed by atoms with Crippen molar-refractivity contribution in [1.82, 2.24) is 14.8 Å². The summed E-state index contributed by atoms with van der Waals surface area (Å²) in [5, 5.41) is 8.38. The van der Waals surface area contributed by atoms with Crippen molar-refractivity contribution >= 4 is 0 Å². The highest BCUT2D eigenvalue weighted by molar-refractivity contribution is 5.01. The number of nitrogens with two attached hydrogens (primary N) is 1. The summed E-state index contributed by atoms with van der Waals surface area (Å²) in [6.45, 7) is 5.50. The van der Waals surface area contributed by atoms with Crippen LogP contribution in [0.3, 0.4) is 0 Å². The summed E-state index contributed by atoms with van der Waals surface area (Å²) in [7, 11) is 0.